The van der Waals surface area contributed by atoms with Gasteiger partial charge in [-0.3, -0.25) is 4.79 Å². The number of Topliss-reactive ketones (excluding diaryl/α,β-unsaturated/α-hetero) is 1. The number of carbonyl (C=O) groups is 1. The lowest BCUT2D eigenvalue weighted by Gasteiger charge is -2.06. The summed E-state index contributed by atoms with van der Waals surface area (Å²) < 4.78 is 0. The maximum absolute atomic E-state index is 12.2. The highest BCUT2D eigenvalue weighted by Crippen LogP contribution is 2.21. The molecule has 1 unspecified atom stereocenters. The van der Waals surface area contributed by atoms with Crippen LogP contribution in [0.3, 0.4) is 0 Å². The predicted molar refractivity (Wildman–Crippen MR) is 77.1 cm³/mol. The van der Waals surface area contributed by atoms with E-state index in [1.165, 1.54) is 6.07 Å². The fourth-order valence-electron chi connectivity index (χ4n) is 1.88. The number of rotatable bonds is 4. The van der Waals surface area contributed by atoms with Crippen molar-refractivity contribution in [1.29, 1.82) is 0 Å². The molecule has 21 heavy (non-hydrogen) atoms. The van der Waals surface area contributed by atoms with Crippen LogP contribution in [0.25, 0.3) is 10.4 Å². The van der Waals surface area contributed by atoms with Gasteiger partial charge in [0.15, 0.2) is 11.8 Å². The molecule has 1 N–H and O–H groups in total. The highest BCUT2D eigenvalue weighted by atomic mass is 16.3. The van der Waals surface area contributed by atoms with Crippen molar-refractivity contribution in [3.8, 4) is 0 Å². The molecule has 2 aromatic rings. The minimum atomic E-state index is -1.40. The molecule has 0 aliphatic heterocycles. The van der Waals surface area contributed by atoms with Crippen molar-refractivity contribution < 1.29 is 14.7 Å². The van der Waals surface area contributed by atoms with Crippen molar-refractivity contribution in [2.24, 2.45) is 0 Å². The van der Waals surface area contributed by atoms with Gasteiger partial charge in [-0.2, -0.15) is 4.79 Å². The van der Waals surface area contributed by atoms with E-state index in [2.05, 4.69) is 9.63 Å². The van der Waals surface area contributed by atoms with Gasteiger partial charge in [0.2, 0.25) is 0 Å². The van der Waals surface area contributed by atoms with E-state index in [0.29, 0.717) is 16.8 Å². The highest BCUT2D eigenvalue weighted by Gasteiger charge is 2.31. The first-order chi connectivity index (χ1) is 10.2. The Balaban J connectivity index is 2.36. The van der Waals surface area contributed by atoms with Gasteiger partial charge in [0.25, 0.3) is 5.78 Å². The fourth-order valence-corrected chi connectivity index (χ4v) is 1.88. The van der Waals surface area contributed by atoms with Gasteiger partial charge < -0.3 is 10.6 Å². The fraction of sp³-hybridized carbons (Fsp3) is 0.0625. The maximum atomic E-state index is 12.2. The summed E-state index contributed by atoms with van der Waals surface area (Å²) >= 11 is 0. The number of hydrogen-bond donors (Lipinski definition) is 1. The molecule has 0 heterocycles. The standard InChI is InChI=1S/C16H11N3O2/c1-18-13-9-5-8-12(10-13)16(21)14(19-17)15(20)11-6-3-2-4-7-11/h2-10,16,21H. The first kappa shape index (κ1) is 14.4. The van der Waals surface area contributed by atoms with Crippen LogP contribution >= 0.6 is 0 Å². The zero-order chi connectivity index (χ0) is 15.2. The van der Waals surface area contributed by atoms with Crippen LogP contribution in [0.15, 0.2) is 54.6 Å². The van der Waals surface area contributed by atoms with Crippen molar-refractivity contribution in [3.05, 3.63) is 82.7 Å². The third-order valence-electron chi connectivity index (χ3n) is 2.95. The molecule has 0 spiro atoms. The van der Waals surface area contributed by atoms with Crippen molar-refractivity contribution in [1.82, 2.24) is 0 Å². The lowest BCUT2D eigenvalue weighted by Crippen LogP contribution is -2.23. The Bertz CT molecular complexity index is 757. The quantitative estimate of drug-likeness (QED) is 0.306. The van der Waals surface area contributed by atoms with E-state index >= 15 is 0 Å². The molecular formula is C16H11N3O2. The Labute approximate surface area is 121 Å². The molecule has 102 valence electrons. The number of benzene rings is 2. The number of carbonyl (C=O) groups excluding carboxylic acids is 1. The van der Waals surface area contributed by atoms with Gasteiger partial charge in [-0.25, -0.2) is 4.85 Å². The molecule has 0 aliphatic rings. The van der Waals surface area contributed by atoms with Crippen LogP contribution in [0.1, 0.15) is 22.0 Å². The maximum Gasteiger partial charge on any atom is 0.371 e. The van der Waals surface area contributed by atoms with E-state index < -0.39 is 11.9 Å². The first-order valence-corrected chi connectivity index (χ1v) is 6.14. The highest BCUT2D eigenvalue weighted by molar-refractivity contribution is 6.45. The van der Waals surface area contributed by atoms with E-state index in [1.54, 1.807) is 48.5 Å². The summed E-state index contributed by atoms with van der Waals surface area (Å²) in [6.07, 6.45) is -1.40. The van der Waals surface area contributed by atoms with Crippen molar-refractivity contribution in [2.45, 2.75) is 6.10 Å². The van der Waals surface area contributed by atoms with Crippen molar-refractivity contribution in [2.75, 3.05) is 0 Å². The summed E-state index contributed by atoms with van der Waals surface area (Å²) in [6, 6.07) is 14.4. The molecule has 2 aromatic carbocycles. The third kappa shape index (κ3) is 3.10. The summed E-state index contributed by atoms with van der Waals surface area (Å²) in [6.45, 7) is 6.95. The third-order valence-corrected chi connectivity index (χ3v) is 2.95. The van der Waals surface area contributed by atoms with Gasteiger partial charge in [0, 0.05) is 5.56 Å². The van der Waals surface area contributed by atoms with Gasteiger partial charge >= 0.3 is 5.71 Å². The van der Waals surface area contributed by atoms with Crippen LogP contribution in [0.2, 0.25) is 0 Å². The van der Waals surface area contributed by atoms with Gasteiger partial charge in [0.05, 0.1) is 6.57 Å². The van der Waals surface area contributed by atoms with Gasteiger partial charge in [-0.05, 0) is 5.56 Å². The molecule has 0 saturated carbocycles. The lowest BCUT2D eigenvalue weighted by atomic mass is 9.98. The second-order valence-electron chi connectivity index (χ2n) is 4.29. The smallest absolute Gasteiger partial charge is 0.371 e. The molecule has 0 aliphatic carbocycles. The molecule has 0 radical (unpaired) electrons. The predicted octanol–water partition coefficient (Wildman–Crippen LogP) is 2.82. The lowest BCUT2D eigenvalue weighted by molar-refractivity contribution is -0.0213. The second kappa shape index (κ2) is 6.40. The molecule has 0 fully saturated rings. The second-order valence-corrected chi connectivity index (χ2v) is 4.29. The molecule has 1 atom stereocenters. The SMILES string of the molecule is [C-]#[N+]c1cccc(C(O)C(=[N+]=[N-])C(=O)c2ccccc2)c1. The summed E-state index contributed by atoms with van der Waals surface area (Å²) in [7, 11) is 0. The average molecular weight is 277 g/mol. The van der Waals surface area contributed by atoms with Gasteiger partial charge in [-0.1, -0.05) is 54.6 Å². The minimum Gasteiger partial charge on any atom is -0.376 e. The minimum absolute atomic E-state index is 0.311. The summed E-state index contributed by atoms with van der Waals surface area (Å²) in [5, 5.41) is 10.2. The summed E-state index contributed by atoms with van der Waals surface area (Å²) in [5.74, 6) is -0.571. The van der Waals surface area contributed by atoms with Gasteiger partial charge in [-0.15, -0.1) is 0 Å². The largest absolute Gasteiger partial charge is 0.376 e. The molecule has 0 aromatic heterocycles. The van der Waals surface area contributed by atoms with Crippen LogP contribution in [0.4, 0.5) is 5.69 Å². The number of ketones is 1. The van der Waals surface area contributed by atoms with E-state index in [9.17, 15) is 9.90 Å². The Hall–Kier alpha value is -3.06. The average Bonchev–Trinajstić information content (AvgIpc) is 2.56. The number of hydrogen-bond acceptors (Lipinski definition) is 2. The van der Waals surface area contributed by atoms with E-state index in [4.69, 9.17) is 12.1 Å². The molecular weight excluding hydrogens is 266 g/mol. The van der Waals surface area contributed by atoms with Crippen LogP contribution in [-0.4, -0.2) is 21.4 Å². The van der Waals surface area contributed by atoms with E-state index in [1.807, 2.05) is 0 Å². The molecule has 0 saturated heterocycles. The van der Waals surface area contributed by atoms with Crippen LogP contribution in [0.5, 0.6) is 0 Å². The van der Waals surface area contributed by atoms with Crippen molar-refractivity contribution in [3.63, 3.8) is 0 Å². The Morgan fingerprint density at radius 3 is 2.48 bits per heavy atom. The number of aliphatic hydroxyl groups is 1. The van der Waals surface area contributed by atoms with E-state index in [-0.39, 0.29) is 5.71 Å². The normalized spacial score (nSPS) is 11.0. The first-order valence-electron chi connectivity index (χ1n) is 6.14. The van der Waals surface area contributed by atoms with Crippen LogP contribution < -0.4 is 0 Å². The Morgan fingerprint density at radius 1 is 1.14 bits per heavy atom. The molecule has 0 amide bonds. The van der Waals surface area contributed by atoms with Crippen LogP contribution in [0, 0.1) is 6.57 Å². The number of aliphatic hydroxyl groups excluding tert-OH is 1. The van der Waals surface area contributed by atoms with E-state index in [0.717, 1.165) is 0 Å². The molecule has 2 rings (SSSR count). The van der Waals surface area contributed by atoms with Gasteiger partial charge in [0.1, 0.15) is 0 Å². The zero-order valence-electron chi connectivity index (χ0n) is 11.0. The molecule has 5 heteroatoms. The monoisotopic (exact) mass is 277 g/mol. The molecule has 5 nitrogen and oxygen atoms in total. The van der Waals surface area contributed by atoms with Crippen molar-refractivity contribution >= 4 is 17.2 Å². The number of nitrogens with zero attached hydrogens (tertiary/aromatic N) is 3. The summed E-state index contributed by atoms with van der Waals surface area (Å²) in [5.41, 5.74) is 9.64. The Morgan fingerprint density at radius 2 is 1.86 bits per heavy atom. The van der Waals surface area contributed by atoms with Crippen LogP contribution in [-0.2, 0) is 0 Å². The summed E-state index contributed by atoms with van der Waals surface area (Å²) in [4.78, 5) is 18.4. The zero-order valence-corrected chi connectivity index (χ0v) is 11.0. The Kier molecular flexibility index (Phi) is 4.37. The molecule has 0 bridgehead atoms. The topological polar surface area (TPSA) is 78.1 Å².